The number of aliphatic hydroxyl groups is 2. The Morgan fingerprint density at radius 3 is 1.71 bits per heavy atom. The average Bonchev–Trinajstić information content (AvgIpc) is 3.18. The second-order valence-corrected chi connectivity index (χ2v) is 15.3. The number of hydrogen-bond acceptors (Lipinski definition) is 7. The average molecular weight is 761 g/mol. The van der Waals surface area contributed by atoms with Gasteiger partial charge in [-0.05, 0) is 117 Å². The van der Waals surface area contributed by atoms with Crippen LogP contribution < -0.4 is 4.74 Å². The highest BCUT2D eigenvalue weighted by Gasteiger charge is 2.27. The summed E-state index contributed by atoms with van der Waals surface area (Å²) in [6, 6.07) is 14.5. The lowest BCUT2D eigenvalue weighted by Crippen LogP contribution is -2.31. The Kier molecular flexibility index (Phi) is 16.2. The zero-order chi connectivity index (χ0) is 40.1. The first-order valence-electron chi connectivity index (χ1n) is 19.6. The summed E-state index contributed by atoms with van der Waals surface area (Å²) < 4.78 is 49.3. The molecular formula is C46H58F2O7. The van der Waals surface area contributed by atoms with E-state index in [1.807, 2.05) is 31.2 Å². The fraction of sp³-hybridized carbons (Fsp3) is 0.478. The van der Waals surface area contributed by atoms with Crippen molar-refractivity contribution in [2.24, 2.45) is 11.3 Å². The molecule has 0 unspecified atom stereocenters. The topological polar surface area (TPSA) is 102 Å². The molecule has 0 bridgehead atoms. The maximum atomic E-state index is 16.2. The monoisotopic (exact) mass is 760 g/mol. The summed E-state index contributed by atoms with van der Waals surface area (Å²) in [6.07, 6.45) is 7.13. The molecule has 298 valence electrons. The van der Waals surface area contributed by atoms with Crippen LogP contribution in [-0.4, -0.2) is 55.2 Å². The van der Waals surface area contributed by atoms with Crippen molar-refractivity contribution in [1.29, 1.82) is 0 Å². The third-order valence-corrected chi connectivity index (χ3v) is 11.0. The molecule has 0 atom stereocenters. The van der Waals surface area contributed by atoms with Gasteiger partial charge in [0.1, 0.15) is 5.75 Å². The number of aryl methyl sites for hydroxylation is 2. The van der Waals surface area contributed by atoms with Gasteiger partial charge in [-0.3, -0.25) is 0 Å². The standard InChI is InChI=1S/C46H58F2O7/c1-7-46(28-49,29-50)22-25-53-43-36(10-8-23-54-44(51)30(2)3)26-38(27-37(43)11-9-24-55-45(52)31(4)5)40-21-20-39(41(47)42(40)48)35-18-16-34(17-19-35)33-14-12-32(6)13-15-33/h16-21,26-27,32-33,49-50H,2,4,7-15,22-25,28-29H2,1,3,5-6H3. The molecule has 0 amide bonds. The van der Waals surface area contributed by atoms with Crippen LogP contribution in [0.15, 0.2) is 72.8 Å². The van der Waals surface area contributed by atoms with E-state index in [9.17, 15) is 19.8 Å². The van der Waals surface area contributed by atoms with Gasteiger partial charge in [0.15, 0.2) is 11.6 Å². The molecule has 7 nitrogen and oxygen atoms in total. The fourth-order valence-electron chi connectivity index (χ4n) is 7.07. The van der Waals surface area contributed by atoms with Crippen molar-refractivity contribution in [2.75, 3.05) is 33.0 Å². The van der Waals surface area contributed by atoms with E-state index in [4.69, 9.17) is 14.2 Å². The van der Waals surface area contributed by atoms with Crippen molar-refractivity contribution in [3.05, 3.63) is 101 Å². The summed E-state index contributed by atoms with van der Waals surface area (Å²) in [6.45, 7) is 14.5. The Balaban J connectivity index is 1.70. The molecule has 3 aromatic rings. The van der Waals surface area contributed by atoms with Crippen LogP contribution in [0.25, 0.3) is 22.3 Å². The van der Waals surface area contributed by atoms with Gasteiger partial charge in [-0.1, -0.05) is 76.2 Å². The van der Waals surface area contributed by atoms with Gasteiger partial charge in [0.05, 0.1) is 33.0 Å². The second-order valence-electron chi connectivity index (χ2n) is 15.3. The number of rotatable bonds is 20. The number of esters is 2. The van der Waals surface area contributed by atoms with Crippen molar-refractivity contribution in [3.8, 4) is 28.0 Å². The van der Waals surface area contributed by atoms with Gasteiger partial charge in [-0.2, -0.15) is 0 Å². The first kappa shape index (κ1) is 43.4. The van der Waals surface area contributed by atoms with Crippen molar-refractivity contribution in [1.82, 2.24) is 0 Å². The summed E-state index contributed by atoms with van der Waals surface area (Å²) in [5.41, 5.74) is 3.73. The molecule has 3 aromatic carbocycles. The van der Waals surface area contributed by atoms with E-state index in [1.54, 1.807) is 38.1 Å². The highest BCUT2D eigenvalue weighted by molar-refractivity contribution is 5.87. The third-order valence-electron chi connectivity index (χ3n) is 11.0. The molecule has 1 saturated carbocycles. The highest BCUT2D eigenvalue weighted by Crippen LogP contribution is 2.39. The van der Waals surface area contributed by atoms with Crippen LogP contribution in [0.5, 0.6) is 5.75 Å². The number of benzene rings is 3. The van der Waals surface area contributed by atoms with Gasteiger partial charge >= 0.3 is 11.9 Å². The number of ether oxygens (including phenoxy) is 3. The summed E-state index contributed by atoms with van der Waals surface area (Å²) in [5, 5.41) is 20.1. The largest absolute Gasteiger partial charge is 0.493 e. The van der Waals surface area contributed by atoms with E-state index in [1.165, 1.54) is 18.4 Å². The van der Waals surface area contributed by atoms with E-state index in [2.05, 4.69) is 20.1 Å². The fourth-order valence-corrected chi connectivity index (χ4v) is 7.07. The number of aliphatic hydroxyl groups excluding tert-OH is 2. The van der Waals surface area contributed by atoms with Gasteiger partial charge < -0.3 is 24.4 Å². The van der Waals surface area contributed by atoms with E-state index < -0.39 is 29.0 Å². The summed E-state index contributed by atoms with van der Waals surface area (Å²) in [4.78, 5) is 24.1. The van der Waals surface area contributed by atoms with Crippen molar-refractivity contribution in [3.63, 3.8) is 0 Å². The normalized spacial score (nSPS) is 15.7. The van der Waals surface area contributed by atoms with Crippen LogP contribution in [0.4, 0.5) is 8.78 Å². The van der Waals surface area contributed by atoms with E-state index >= 15 is 8.78 Å². The Bertz CT molecular complexity index is 1720. The van der Waals surface area contributed by atoms with Gasteiger partial charge in [0.25, 0.3) is 0 Å². The van der Waals surface area contributed by atoms with Crippen LogP contribution in [0, 0.1) is 23.0 Å². The summed E-state index contributed by atoms with van der Waals surface area (Å²) in [7, 11) is 0. The number of carbonyl (C=O) groups is 2. The molecular weight excluding hydrogens is 702 g/mol. The molecule has 4 rings (SSSR count). The maximum absolute atomic E-state index is 16.2. The molecule has 0 spiro atoms. The lowest BCUT2D eigenvalue weighted by Gasteiger charge is -2.28. The molecule has 0 aliphatic heterocycles. The Hall–Kier alpha value is -4.34. The highest BCUT2D eigenvalue weighted by atomic mass is 19.2. The molecule has 0 aromatic heterocycles. The minimum Gasteiger partial charge on any atom is -0.493 e. The van der Waals surface area contributed by atoms with E-state index in [0.717, 1.165) is 18.8 Å². The molecule has 1 aliphatic carbocycles. The molecule has 55 heavy (non-hydrogen) atoms. The minimum atomic E-state index is -0.974. The third kappa shape index (κ3) is 11.6. The molecule has 0 heterocycles. The van der Waals surface area contributed by atoms with Crippen LogP contribution in [0.3, 0.4) is 0 Å². The zero-order valence-corrected chi connectivity index (χ0v) is 33.0. The van der Waals surface area contributed by atoms with Crippen molar-refractivity contribution >= 4 is 11.9 Å². The smallest absolute Gasteiger partial charge is 0.333 e. The maximum Gasteiger partial charge on any atom is 0.333 e. The quantitative estimate of drug-likeness (QED) is 0.0672. The molecule has 9 heteroatoms. The van der Waals surface area contributed by atoms with Gasteiger partial charge in [0.2, 0.25) is 0 Å². The second kappa shape index (κ2) is 20.5. The van der Waals surface area contributed by atoms with Crippen LogP contribution in [-0.2, 0) is 31.9 Å². The summed E-state index contributed by atoms with van der Waals surface area (Å²) >= 11 is 0. The van der Waals surface area contributed by atoms with Gasteiger partial charge in [-0.25, -0.2) is 18.4 Å². The Morgan fingerprint density at radius 1 is 0.764 bits per heavy atom. The first-order chi connectivity index (χ1) is 26.3. The molecule has 2 N–H and O–H groups in total. The molecule has 1 fully saturated rings. The first-order valence-corrected chi connectivity index (χ1v) is 19.6. The van der Waals surface area contributed by atoms with Gasteiger partial charge in [0, 0.05) is 27.7 Å². The Labute approximate surface area is 325 Å². The van der Waals surface area contributed by atoms with Crippen LogP contribution in [0.2, 0.25) is 0 Å². The van der Waals surface area contributed by atoms with Crippen LogP contribution >= 0.6 is 0 Å². The van der Waals surface area contributed by atoms with Crippen molar-refractivity contribution in [2.45, 2.75) is 97.8 Å². The molecule has 1 aliphatic rings. The van der Waals surface area contributed by atoms with Crippen molar-refractivity contribution < 1.29 is 42.8 Å². The predicted octanol–water partition coefficient (Wildman–Crippen LogP) is 9.85. The van der Waals surface area contributed by atoms with E-state index in [-0.39, 0.29) is 55.3 Å². The minimum absolute atomic E-state index is 0.0798. The lowest BCUT2D eigenvalue weighted by atomic mass is 9.79. The number of carbonyl (C=O) groups excluding carboxylic acids is 2. The predicted molar refractivity (Wildman–Crippen MR) is 213 cm³/mol. The van der Waals surface area contributed by atoms with E-state index in [0.29, 0.717) is 72.4 Å². The lowest BCUT2D eigenvalue weighted by molar-refractivity contribution is -0.139. The van der Waals surface area contributed by atoms with Gasteiger partial charge in [-0.15, -0.1) is 0 Å². The number of halogens is 2. The Morgan fingerprint density at radius 2 is 1.25 bits per heavy atom. The summed E-state index contributed by atoms with van der Waals surface area (Å²) in [5.74, 6) is -1.18. The SMILES string of the molecule is C=C(C)C(=O)OCCCc1cc(-c2ccc(-c3ccc(C4CCC(C)CC4)cc3)c(F)c2F)cc(CCCOC(=O)C(=C)C)c1OCCC(CC)(CO)CO. The van der Waals surface area contributed by atoms with Crippen LogP contribution in [0.1, 0.15) is 102 Å². The molecule has 0 radical (unpaired) electrons. The zero-order valence-electron chi connectivity index (χ0n) is 33.0. The number of hydrogen-bond donors (Lipinski definition) is 2. The molecule has 0 saturated heterocycles.